The number of carbonyl (C=O) groups excluding carboxylic acids is 1. The quantitative estimate of drug-likeness (QED) is 0.723. The molecular formula is C21H32O3. The first-order chi connectivity index (χ1) is 11.5. The Kier molecular flexibility index (Phi) is 7.29. The summed E-state index contributed by atoms with van der Waals surface area (Å²) in [5.41, 5.74) is 0.909. The van der Waals surface area contributed by atoms with Crippen LogP contribution in [0.3, 0.4) is 0 Å². The van der Waals surface area contributed by atoms with Crippen LogP contribution in [0.5, 0.6) is 0 Å². The van der Waals surface area contributed by atoms with Crippen molar-refractivity contribution in [2.75, 3.05) is 0 Å². The Bertz CT molecular complexity index is 497. The summed E-state index contributed by atoms with van der Waals surface area (Å²) in [5, 5.41) is 10.2. The van der Waals surface area contributed by atoms with Gasteiger partial charge in [0.2, 0.25) is 0 Å². The predicted octanol–water partition coefficient (Wildman–Crippen LogP) is 4.89. The molecule has 0 heterocycles. The summed E-state index contributed by atoms with van der Waals surface area (Å²) in [7, 11) is 0. The van der Waals surface area contributed by atoms with Crippen molar-refractivity contribution in [3.63, 3.8) is 0 Å². The minimum atomic E-state index is -0.503. The molecule has 0 aromatic heterocycles. The summed E-state index contributed by atoms with van der Waals surface area (Å²) in [4.78, 5) is 12.2. The van der Waals surface area contributed by atoms with Crippen molar-refractivity contribution in [2.24, 2.45) is 17.8 Å². The Morgan fingerprint density at radius 3 is 2.62 bits per heavy atom. The van der Waals surface area contributed by atoms with Gasteiger partial charge in [0, 0.05) is 6.42 Å². The normalized spacial score (nSPS) is 25.5. The van der Waals surface area contributed by atoms with Gasteiger partial charge in [-0.2, -0.15) is 0 Å². The molecule has 24 heavy (non-hydrogen) atoms. The molecule has 1 N–H and O–H groups in total. The fourth-order valence-corrected chi connectivity index (χ4v) is 3.76. The molecule has 0 spiro atoms. The zero-order valence-electron chi connectivity index (χ0n) is 15.3. The molecular weight excluding hydrogens is 300 g/mol. The van der Waals surface area contributed by atoms with E-state index in [0.29, 0.717) is 37.0 Å². The highest BCUT2D eigenvalue weighted by Crippen LogP contribution is 2.35. The van der Waals surface area contributed by atoms with E-state index in [1.54, 1.807) is 0 Å². The SMILES string of the molecule is CC(C)[C@@H]1CC[C@@H](C)C[C@@H]1OC(=O)CCC[C@H](O)c1ccccc1. The Labute approximate surface area is 146 Å². The number of rotatable bonds is 7. The van der Waals surface area contributed by atoms with Crippen LogP contribution in [0, 0.1) is 17.8 Å². The van der Waals surface area contributed by atoms with Crippen LogP contribution in [0.15, 0.2) is 30.3 Å². The topological polar surface area (TPSA) is 46.5 Å². The highest BCUT2D eigenvalue weighted by atomic mass is 16.5. The first kappa shape index (κ1) is 19.0. The summed E-state index contributed by atoms with van der Waals surface area (Å²) in [6.45, 7) is 6.68. The van der Waals surface area contributed by atoms with Crippen molar-refractivity contribution < 1.29 is 14.6 Å². The van der Waals surface area contributed by atoms with E-state index in [1.807, 2.05) is 30.3 Å². The average molecular weight is 332 g/mol. The number of aliphatic hydroxyl groups is 1. The molecule has 0 bridgehead atoms. The van der Waals surface area contributed by atoms with Gasteiger partial charge in [0.25, 0.3) is 0 Å². The first-order valence-electron chi connectivity index (χ1n) is 9.40. The van der Waals surface area contributed by atoms with Crippen LogP contribution in [0.1, 0.15) is 71.0 Å². The first-order valence-corrected chi connectivity index (χ1v) is 9.40. The lowest BCUT2D eigenvalue weighted by molar-refractivity contribution is -0.156. The summed E-state index contributed by atoms with van der Waals surface area (Å²) in [6, 6.07) is 9.61. The molecule has 134 valence electrons. The second kappa shape index (κ2) is 9.22. The molecule has 0 amide bonds. The lowest BCUT2D eigenvalue weighted by Gasteiger charge is -2.36. The number of carbonyl (C=O) groups is 1. The second-order valence-electron chi connectivity index (χ2n) is 7.67. The average Bonchev–Trinajstić information content (AvgIpc) is 2.55. The van der Waals surface area contributed by atoms with Crippen LogP contribution in [0.2, 0.25) is 0 Å². The van der Waals surface area contributed by atoms with Gasteiger partial charge in [0.1, 0.15) is 6.10 Å². The van der Waals surface area contributed by atoms with E-state index in [1.165, 1.54) is 6.42 Å². The van der Waals surface area contributed by atoms with Crippen LogP contribution in [0.25, 0.3) is 0 Å². The molecule has 3 nitrogen and oxygen atoms in total. The van der Waals surface area contributed by atoms with E-state index in [4.69, 9.17) is 4.74 Å². The molecule has 1 aromatic carbocycles. The number of hydrogen-bond donors (Lipinski definition) is 1. The van der Waals surface area contributed by atoms with E-state index in [9.17, 15) is 9.90 Å². The van der Waals surface area contributed by atoms with E-state index in [-0.39, 0.29) is 12.1 Å². The monoisotopic (exact) mass is 332 g/mol. The molecule has 4 atom stereocenters. The predicted molar refractivity (Wildman–Crippen MR) is 96.5 cm³/mol. The van der Waals surface area contributed by atoms with Crippen LogP contribution in [-0.2, 0) is 9.53 Å². The number of benzene rings is 1. The second-order valence-corrected chi connectivity index (χ2v) is 7.67. The highest BCUT2D eigenvalue weighted by Gasteiger charge is 2.33. The van der Waals surface area contributed by atoms with Crippen LogP contribution in [0.4, 0.5) is 0 Å². The van der Waals surface area contributed by atoms with Gasteiger partial charge in [-0.25, -0.2) is 0 Å². The number of aliphatic hydroxyl groups excluding tert-OH is 1. The van der Waals surface area contributed by atoms with E-state index in [0.717, 1.165) is 18.4 Å². The van der Waals surface area contributed by atoms with Crippen molar-refractivity contribution in [3.05, 3.63) is 35.9 Å². The minimum absolute atomic E-state index is 0.0697. The molecule has 0 radical (unpaired) electrons. The zero-order chi connectivity index (χ0) is 17.5. The van der Waals surface area contributed by atoms with Gasteiger partial charge in [0.05, 0.1) is 6.10 Å². The molecule has 2 rings (SSSR count). The third kappa shape index (κ3) is 5.62. The molecule has 0 saturated heterocycles. The van der Waals surface area contributed by atoms with Crippen molar-refractivity contribution >= 4 is 5.97 Å². The maximum atomic E-state index is 12.2. The lowest BCUT2D eigenvalue weighted by Crippen LogP contribution is -2.35. The summed E-state index contributed by atoms with van der Waals surface area (Å²) in [5.74, 6) is 1.56. The summed E-state index contributed by atoms with van der Waals surface area (Å²) < 4.78 is 5.80. The minimum Gasteiger partial charge on any atom is -0.462 e. The molecule has 0 unspecified atom stereocenters. The lowest BCUT2D eigenvalue weighted by atomic mass is 9.75. The van der Waals surface area contributed by atoms with Gasteiger partial charge in [-0.3, -0.25) is 4.79 Å². The number of ether oxygens (including phenoxy) is 1. The third-order valence-electron chi connectivity index (χ3n) is 5.29. The molecule has 1 aliphatic carbocycles. The highest BCUT2D eigenvalue weighted by molar-refractivity contribution is 5.69. The summed E-state index contributed by atoms with van der Waals surface area (Å²) in [6.07, 6.45) is 4.58. The Balaban J connectivity index is 1.76. The maximum Gasteiger partial charge on any atom is 0.306 e. The smallest absolute Gasteiger partial charge is 0.306 e. The van der Waals surface area contributed by atoms with Crippen molar-refractivity contribution in [1.29, 1.82) is 0 Å². The van der Waals surface area contributed by atoms with Gasteiger partial charge < -0.3 is 9.84 Å². The standard InChI is InChI=1S/C21H32O3/c1-15(2)18-13-12-16(3)14-20(18)24-21(23)11-7-10-19(22)17-8-5-4-6-9-17/h4-6,8-9,15-16,18-20,22H,7,10-14H2,1-3H3/t16-,18+,19+,20+/m1/s1. The molecule has 3 heteroatoms. The van der Waals surface area contributed by atoms with Gasteiger partial charge in [-0.15, -0.1) is 0 Å². The molecule has 1 fully saturated rings. The van der Waals surface area contributed by atoms with Crippen molar-refractivity contribution in [2.45, 2.75) is 71.5 Å². The van der Waals surface area contributed by atoms with Crippen LogP contribution < -0.4 is 0 Å². The third-order valence-corrected chi connectivity index (χ3v) is 5.29. The van der Waals surface area contributed by atoms with E-state index in [2.05, 4.69) is 20.8 Å². The van der Waals surface area contributed by atoms with E-state index >= 15 is 0 Å². The number of hydrogen-bond acceptors (Lipinski definition) is 3. The van der Waals surface area contributed by atoms with Crippen LogP contribution in [-0.4, -0.2) is 17.2 Å². The fourth-order valence-electron chi connectivity index (χ4n) is 3.76. The van der Waals surface area contributed by atoms with Gasteiger partial charge in [0.15, 0.2) is 0 Å². The molecule has 1 aromatic rings. The molecule has 1 saturated carbocycles. The van der Waals surface area contributed by atoms with E-state index < -0.39 is 6.10 Å². The maximum absolute atomic E-state index is 12.2. The van der Waals surface area contributed by atoms with Crippen molar-refractivity contribution in [3.8, 4) is 0 Å². The Hall–Kier alpha value is -1.35. The number of esters is 1. The van der Waals surface area contributed by atoms with Crippen LogP contribution >= 0.6 is 0 Å². The fraction of sp³-hybridized carbons (Fsp3) is 0.667. The van der Waals surface area contributed by atoms with Gasteiger partial charge in [-0.1, -0.05) is 57.5 Å². The summed E-state index contributed by atoms with van der Waals surface area (Å²) >= 11 is 0. The largest absolute Gasteiger partial charge is 0.462 e. The zero-order valence-corrected chi connectivity index (χ0v) is 15.3. The molecule has 0 aliphatic heterocycles. The van der Waals surface area contributed by atoms with Crippen molar-refractivity contribution in [1.82, 2.24) is 0 Å². The Morgan fingerprint density at radius 2 is 1.96 bits per heavy atom. The van der Waals surface area contributed by atoms with Gasteiger partial charge in [-0.05, 0) is 49.0 Å². The molecule has 1 aliphatic rings. The Morgan fingerprint density at radius 1 is 1.25 bits per heavy atom. The van der Waals surface area contributed by atoms with Gasteiger partial charge >= 0.3 is 5.97 Å².